The first-order chi connectivity index (χ1) is 9.61. The summed E-state index contributed by atoms with van der Waals surface area (Å²) < 4.78 is 1.78. The van der Waals surface area contributed by atoms with E-state index in [1.165, 1.54) is 0 Å². The minimum absolute atomic E-state index is 0.0887. The molecule has 1 N–H and O–H groups in total. The number of hydrogen-bond donors (Lipinski definition) is 1. The average molecular weight is 291 g/mol. The zero-order valence-electron chi connectivity index (χ0n) is 13.7. The molecule has 2 heterocycles. The predicted molar refractivity (Wildman–Crippen MR) is 80.7 cm³/mol. The highest BCUT2D eigenvalue weighted by atomic mass is 16.2. The van der Waals surface area contributed by atoms with Crippen LogP contribution in [-0.2, 0) is 22.1 Å². The van der Waals surface area contributed by atoms with Gasteiger partial charge < -0.3 is 0 Å². The molecule has 0 aliphatic carbocycles. The number of piperidine rings is 1. The van der Waals surface area contributed by atoms with E-state index in [0.717, 1.165) is 11.3 Å². The number of aromatic nitrogens is 2. The Hall–Kier alpha value is -1.65. The summed E-state index contributed by atoms with van der Waals surface area (Å²) in [5.74, 6) is -0.445. The van der Waals surface area contributed by atoms with E-state index in [1.54, 1.807) is 4.68 Å². The van der Waals surface area contributed by atoms with Crippen molar-refractivity contribution in [2.24, 2.45) is 18.9 Å². The van der Waals surface area contributed by atoms with E-state index in [4.69, 9.17) is 0 Å². The lowest BCUT2D eigenvalue weighted by Gasteiger charge is -2.33. The number of aryl methyl sites for hydroxylation is 1. The fourth-order valence-corrected chi connectivity index (χ4v) is 3.21. The lowest BCUT2D eigenvalue weighted by Crippen LogP contribution is -2.47. The smallest absolute Gasteiger partial charge is 0.230 e. The average Bonchev–Trinajstić information content (AvgIpc) is 2.69. The molecule has 0 aromatic carbocycles. The predicted octanol–water partition coefficient (Wildman–Crippen LogP) is 2.12. The zero-order valence-corrected chi connectivity index (χ0v) is 13.7. The molecule has 116 valence electrons. The molecule has 1 aromatic rings. The minimum atomic E-state index is -0.189. The number of rotatable bonds is 2. The molecular formula is C16H25N3O2. The first-order valence-electron chi connectivity index (χ1n) is 7.49. The normalized spacial score (nSPS) is 23.6. The Morgan fingerprint density at radius 3 is 2.48 bits per heavy atom. The van der Waals surface area contributed by atoms with Gasteiger partial charge in [0.1, 0.15) is 0 Å². The molecule has 0 spiro atoms. The first kappa shape index (κ1) is 15.7. The van der Waals surface area contributed by atoms with E-state index >= 15 is 0 Å². The summed E-state index contributed by atoms with van der Waals surface area (Å²) in [4.78, 5) is 24.1. The molecule has 1 fully saturated rings. The lowest BCUT2D eigenvalue weighted by atomic mass is 9.72. The SMILES string of the molecule is CC(C)C1C(=O)NC(=O)CC1c1cn(C)nc1C(C)(C)C. The third kappa shape index (κ3) is 3.01. The molecule has 5 nitrogen and oxygen atoms in total. The second kappa shape index (κ2) is 5.28. The van der Waals surface area contributed by atoms with Gasteiger partial charge in [0, 0.05) is 36.9 Å². The highest BCUT2D eigenvalue weighted by Gasteiger charge is 2.41. The van der Waals surface area contributed by atoms with Gasteiger partial charge in [-0.05, 0) is 11.5 Å². The molecule has 2 unspecified atom stereocenters. The number of amides is 2. The van der Waals surface area contributed by atoms with E-state index < -0.39 is 0 Å². The Bertz CT molecular complexity index is 567. The summed E-state index contributed by atoms with van der Waals surface area (Å²) in [5, 5.41) is 7.04. The number of nitrogens with one attached hydrogen (secondary N) is 1. The van der Waals surface area contributed by atoms with Gasteiger partial charge in [0.15, 0.2) is 0 Å². The quantitative estimate of drug-likeness (QED) is 0.849. The van der Waals surface area contributed by atoms with E-state index in [2.05, 4.69) is 31.2 Å². The molecule has 21 heavy (non-hydrogen) atoms. The van der Waals surface area contributed by atoms with Crippen molar-refractivity contribution < 1.29 is 9.59 Å². The Morgan fingerprint density at radius 2 is 1.95 bits per heavy atom. The molecule has 0 bridgehead atoms. The Morgan fingerprint density at radius 1 is 1.33 bits per heavy atom. The molecule has 1 saturated heterocycles. The van der Waals surface area contributed by atoms with Gasteiger partial charge in [-0.25, -0.2) is 0 Å². The highest BCUT2D eigenvalue weighted by Crippen LogP contribution is 2.40. The molecule has 0 radical (unpaired) electrons. The van der Waals surface area contributed by atoms with Crippen LogP contribution >= 0.6 is 0 Å². The second-order valence-corrected chi connectivity index (χ2v) is 7.35. The lowest BCUT2D eigenvalue weighted by molar-refractivity contribution is -0.138. The third-order valence-corrected chi connectivity index (χ3v) is 4.09. The highest BCUT2D eigenvalue weighted by molar-refractivity contribution is 6.00. The number of carbonyl (C=O) groups excluding carboxylic acids is 2. The van der Waals surface area contributed by atoms with Crippen LogP contribution in [0.4, 0.5) is 0 Å². The summed E-state index contributed by atoms with van der Waals surface area (Å²) in [7, 11) is 1.88. The van der Waals surface area contributed by atoms with Gasteiger partial charge in [-0.3, -0.25) is 19.6 Å². The molecule has 2 atom stereocenters. The monoisotopic (exact) mass is 291 g/mol. The van der Waals surface area contributed by atoms with Gasteiger partial charge in [-0.1, -0.05) is 34.6 Å². The van der Waals surface area contributed by atoms with Crippen LogP contribution in [0.2, 0.25) is 0 Å². The first-order valence-corrected chi connectivity index (χ1v) is 7.49. The number of imide groups is 1. The molecule has 1 aliphatic rings. The maximum absolute atomic E-state index is 12.2. The number of nitrogens with zero attached hydrogens (tertiary/aromatic N) is 2. The van der Waals surface area contributed by atoms with Gasteiger partial charge in [-0.15, -0.1) is 0 Å². The van der Waals surface area contributed by atoms with Crippen LogP contribution in [0.3, 0.4) is 0 Å². The van der Waals surface area contributed by atoms with Crippen LogP contribution in [0.15, 0.2) is 6.20 Å². The van der Waals surface area contributed by atoms with E-state index in [1.807, 2.05) is 27.1 Å². The molecule has 2 amide bonds. The minimum Gasteiger partial charge on any atom is -0.296 e. The van der Waals surface area contributed by atoms with Crippen molar-refractivity contribution in [1.82, 2.24) is 15.1 Å². The van der Waals surface area contributed by atoms with Crippen molar-refractivity contribution in [3.63, 3.8) is 0 Å². The third-order valence-electron chi connectivity index (χ3n) is 4.09. The van der Waals surface area contributed by atoms with Gasteiger partial charge in [0.25, 0.3) is 0 Å². The Kier molecular flexibility index (Phi) is 3.95. The van der Waals surface area contributed by atoms with E-state index in [-0.39, 0.29) is 35.0 Å². The number of hydrogen-bond acceptors (Lipinski definition) is 3. The van der Waals surface area contributed by atoms with Crippen molar-refractivity contribution in [1.29, 1.82) is 0 Å². The van der Waals surface area contributed by atoms with Crippen LogP contribution < -0.4 is 5.32 Å². The topological polar surface area (TPSA) is 64.0 Å². The summed E-state index contributed by atoms with van der Waals surface area (Å²) in [6.07, 6.45) is 2.32. The molecule has 2 rings (SSSR count). The van der Waals surface area contributed by atoms with Gasteiger partial charge >= 0.3 is 0 Å². The van der Waals surface area contributed by atoms with Crippen LogP contribution in [0, 0.1) is 11.8 Å². The molecular weight excluding hydrogens is 266 g/mol. The fraction of sp³-hybridized carbons (Fsp3) is 0.688. The summed E-state index contributed by atoms with van der Waals surface area (Å²) in [5.41, 5.74) is 1.89. The largest absolute Gasteiger partial charge is 0.296 e. The van der Waals surface area contributed by atoms with Crippen LogP contribution in [0.25, 0.3) is 0 Å². The fourth-order valence-electron chi connectivity index (χ4n) is 3.21. The number of carbonyl (C=O) groups is 2. The van der Waals surface area contributed by atoms with Crippen LogP contribution in [-0.4, -0.2) is 21.6 Å². The molecule has 0 saturated carbocycles. The van der Waals surface area contributed by atoms with E-state index in [0.29, 0.717) is 6.42 Å². The Balaban J connectivity index is 2.52. The maximum atomic E-state index is 12.2. The van der Waals surface area contributed by atoms with Gasteiger partial charge in [0.2, 0.25) is 11.8 Å². The molecule has 5 heteroatoms. The van der Waals surface area contributed by atoms with Crippen molar-refractivity contribution in [3.05, 3.63) is 17.5 Å². The van der Waals surface area contributed by atoms with Crippen molar-refractivity contribution in [3.8, 4) is 0 Å². The summed E-state index contributed by atoms with van der Waals surface area (Å²) in [6.45, 7) is 10.4. The van der Waals surface area contributed by atoms with Gasteiger partial charge in [0.05, 0.1) is 5.69 Å². The van der Waals surface area contributed by atoms with Crippen LogP contribution in [0.5, 0.6) is 0 Å². The molecule has 1 aromatic heterocycles. The second-order valence-electron chi connectivity index (χ2n) is 7.35. The van der Waals surface area contributed by atoms with Crippen molar-refractivity contribution in [2.75, 3.05) is 0 Å². The summed E-state index contributed by atoms with van der Waals surface area (Å²) >= 11 is 0. The van der Waals surface area contributed by atoms with Gasteiger partial charge in [-0.2, -0.15) is 5.10 Å². The van der Waals surface area contributed by atoms with Crippen molar-refractivity contribution in [2.45, 2.75) is 52.4 Å². The van der Waals surface area contributed by atoms with Crippen LogP contribution in [0.1, 0.15) is 58.2 Å². The summed E-state index contributed by atoms with van der Waals surface area (Å²) in [6, 6.07) is 0. The maximum Gasteiger partial charge on any atom is 0.230 e. The van der Waals surface area contributed by atoms with E-state index in [9.17, 15) is 9.59 Å². The Labute approximate surface area is 126 Å². The van der Waals surface area contributed by atoms with Crippen molar-refractivity contribution >= 4 is 11.8 Å². The zero-order chi connectivity index (χ0) is 15.9. The molecule has 1 aliphatic heterocycles. The standard InChI is InChI=1S/C16H25N3O2/c1-9(2)13-10(7-12(20)17-15(13)21)11-8-19(6)18-14(11)16(3,4)5/h8-10,13H,7H2,1-6H3,(H,17,20,21).